The number of anilines is 3. The van der Waals surface area contributed by atoms with E-state index in [1.165, 1.54) is 16.7 Å². The number of thioether (sulfide) groups is 1. The lowest BCUT2D eigenvalue weighted by molar-refractivity contribution is -0.118. The van der Waals surface area contributed by atoms with Crippen molar-refractivity contribution in [2.75, 3.05) is 35.8 Å². The summed E-state index contributed by atoms with van der Waals surface area (Å²) in [6.07, 6.45) is 1.76. The van der Waals surface area contributed by atoms with Crippen LogP contribution in [-0.2, 0) is 9.59 Å². The normalized spacial score (nSPS) is 14.3. The van der Waals surface area contributed by atoms with Crippen molar-refractivity contribution in [3.8, 4) is 5.75 Å². The van der Waals surface area contributed by atoms with E-state index >= 15 is 0 Å². The Morgan fingerprint density at radius 1 is 1.11 bits per heavy atom. The Morgan fingerprint density at radius 2 is 1.83 bits per heavy atom. The molecule has 3 aromatic rings. The minimum atomic E-state index is -0.384. The van der Waals surface area contributed by atoms with E-state index in [1.807, 2.05) is 49.3 Å². The standard InChI is InChI=1S/C26H21Cl2N3O3S2/c1-30(2)17-9-11-18(12-10-17)31-25(33)22(36-26(31)35)14-16-5-3-6-19(13-16)34-15-23(32)29-21-8-4-7-20(27)24(21)28/h3-14H,15H2,1-2H3,(H,29,32)/b22-14-. The lowest BCUT2D eigenvalue weighted by Crippen LogP contribution is -2.27. The van der Waals surface area contributed by atoms with Crippen molar-refractivity contribution >= 4 is 86.5 Å². The zero-order valence-electron chi connectivity index (χ0n) is 19.3. The zero-order chi connectivity index (χ0) is 25.8. The van der Waals surface area contributed by atoms with Crippen molar-refractivity contribution < 1.29 is 14.3 Å². The number of halogens is 2. The van der Waals surface area contributed by atoms with E-state index in [1.54, 1.807) is 42.5 Å². The molecule has 1 aliphatic rings. The minimum Gasteiger partial charge on any atom is -0.484 e. The summed E-state index contributed by atoms with van der Waals surface area (Å²) in [6.45, 7) is -0.225. The molecule has 10 heteroatoms. The number of carbonyl (C=O) groups excluding carboxylic acids is 2. The second kappa shape index (κ2) is 11.3. The van der Waals surface area contributed by atoms with E-state index in [2.05, 4.69) is 5.32 Å². The summed E-state index contributed by atoms with van der Waals surface area (Å²) in [5, 5.41) is 3.28. The fourth-order valence-corrected chi connectivity index (χ4v) is 5.02. The Labute approximate surface area is 228 Å². The molecular weight excluding hydrogens is 537 g/mol. The maximum atomic E-state index is 13.1. The highest BCUT2D eigenvalue weighted by molar-refractivity contribution is 8.27. The molecule has 1 fully saturated rings. The van der Waals surface area contributed by atoms with Gasteiger partial charge in [-0.05, 0) is 60.2 Å². The van der Waals surface area contributed by atoms with Crippen LogP contribution in [0.4, 0.5) is 17.1 Å². The van der Waals surface area contributed by atoms with E-state index in [0.717, 1.165) is 16.9 Å². The number of thiocarbonyl (C=S) groups is 1. The molecule has 0 atom stereocenters. The first kappa shape index (κ1) is 26.0. The molecule has 1 saturated heterocycles. The van der Waals surface area contributed by atoms with Crippen LogP contribution in [0.15, 0.2) is 71.6 Å². The number of benzene rings is 3. The van der Waals surface area contributed by atoms with Crippen LogP contribution in [0, 0.1) is 0 Å². The van der Waals surface area contributed by atoms with Gasteiger partial charge < -0.3 is 15.0 Å². The highest BCUT2D eigenvalue weighted by atomic mass is 35.5. The van der Waals surface area contributed by atoms with Crippen LogP contribution in [-0.4, -0.2) is 36.8 Å². The van der Waals surface area contributed by atoms with Gasteiger partial charge >= 0.3 is 0 Å². The molecule has 0 saturated carbocycles. The number of rotatable bonds is 7. The molecular formula is C26H21Cl2N3O3S2. The molecule has 1 N–H and O–H groups in total. The topological polar surface area (TPSA) is 61.9 Å². The number of hydrogen-bond donors (Lipinski definition) is 1. The Hall–Kier alpha value is -3.04. The predicted octanol–water partition coefficient (Wildman–Crippen LogP) is 6.48. The lowest BCUT2D eigenvalue weighted by atomic mass is 10.2. The lowest BCUT2D eigenvalue weighted by Gasteiger charge is -2.17. The molecule has 6 nitrogen and oxygen atoms in total. The molecule has 0 spiro atoms. The molecule has 1 aliphatic heterocycles. The summed E-state index contributed by atoms with van der Waals surface area (Å²) in [5.41, 5.74) is 2.90. The summed E-state index contributed by atoms with van der Waals surface area (Å²) >= 11 is 18.8. The SMILES string of the molecule is CN(C)c1ccc(N2C(=O)/C(=C/c3cccc(OCC(=O)Nc4cccc(Cl)c4Cl)c3)SC2=S)cc1. The van der Waals surface area contributed by atoms with Crippen LogP contribution >= 0.6 is 47.2 Å². The second-order valence-corrected chi connectivity index (χ2v) is 10.4. The Morgan fingerprint density at radius 3 is 2.56 bits per heavy atom. The minimum absolute atomic E-state index is 0.188. The highest BCUT2D eigenvalue weighted by Crippen LogP contribution is 2.37. The molecule has 1 heterocycles. The number of ether oxygens (including phenoxy) is 1. The molecule has 4 rings (SSSR count). The van der Waals surface area contributed by atoms with Gasteiger partial charge in [-0.3, -0.25) is 14.5 Å². The molecule has 184 valence electrons. The molecule has 0 unspecified atom stereocenters. The smallest absolute Gasteiger partial charge is 0.270 e. The summed E-state index contributed by atoms with van der Waals surface area (Å²) in [7, 11) is 3.91. The third-order valence-corrected chi connectivity index (χ3v) is 7.29. The first-order valence-electron chi connectivity index (χ1n) is 10.7. The number of amides is 2. The van der Waals surface area contributed by atoms with Crippen LogP contribution in [0.5, 0.6) is 5.75 Å². The predicted molar refractivity (Wildman–Crippen MR) is 153 cm³/mol. The highest BCUT2D eigenvalue weighted by Gasteiger charge is 2.33. The Bertz CT molecular complexity index is 1360. The summed E-state index contributed by atoms with van der Waals surface area (Å²) in [5.74, 6) is -0.0942. The molecule has 36 heavy (non-hydrogen) atoms. The van der Waals surface area contributed by atoms with Gasteiger partial charge in [-0.2, -0.15) is 0 Å². The van der Waals surface area contributed by atoms with Gasteiger partial charge in [0.1, 0.15) is 5.75 Å². The third kappa shape index (κ3) is 6.02. The molecule has 0 bridgehead atoms. The van der Waals surface area contributed by atoms with Crippen LogP contribution < -0.4 is 19.9 Å². The first-order valence-corrected chi connectivity index (χ1v) is 12.7. The van der Waals surface area contributed by atoms with Crippen LogP contribution in [0.3, 0.4) is 0 Å². The van der Waals surface area contributed by atoms with Gasteiger partial charge in [0.25, 0.3) is 11.8 Å². The van der Waals surface area contributed by atoms with Gasteiger partial charge in [0.15, 0.2) is 10.9 Å². The van der Waals surface area contributed by atoms with Gasteiger partial charge in [0, 0.05) is 19.8 Å². The second-order valence-electron chi connectivity index (χ2n) is 7.94. The average molecular weight is 559 g/mol. The molecule has 3 aromatic carbocycles. The summed E-state index contributed by atoms with van der Waals surface area (Å²) in [6, 6.07) is 19.7. The largest absolute Gasteiger partial charge is 0.484 e. The fourth-order valence-electron chi connectivity index (χ4n) is 3.37. The first-order chi connectivity index (χ1) is 17.2. The van der Waals surface area contributed by atoms with Crippen molar-refractivity contribution in [1.82, 2.24) is 0 Å². The van der Waals surface area contributed by atoms with E-state index in [4.69, 9.17) is 40.2 Å². The van der Waals surface area contributed by atoms with Gasteiger partial charge in [0.2, 0.25) is 0 Å². The van der Waals surface area contributed by atoms with Gasteiger partial charge in [-0.1, -0.05) is 65.4 Å². The van der Waals surface area contributed by atoms with E-state index in [0.29, 0.717) is 25.7 Å². The molecule has 0 aliphatic carbocycles. The maximum Gasteiger partial charge on any atom is 0.270 e. The maximum absolute atomic E-state index is 13.1. The van der Waals surface area contributed by atoms with Crippen molar-refractivity contribution in [2.45, 2.75) is 0 Å². The number of carbonyl (C=O) groups is 2. The van der Waals surface area contributed by atoms with E-state index in [9.17, 15) is 9.59 Å². The zero-order valence-corrected chi connectivity index (χ0v) is 22.5. The molecule has 0 radical (unpaired) electrons. The number of hydrogen-bond acceptors (Lipinski definition) is 6. The monoisotopic (exact) mass is 557 g/mol. The summed E-state index contributed by atoms with van der Waals surface area (Å²) < 4.78 is 6.10. The van der Waals surface area contributed by atoms with Gasteiger partial charge in [-0.15, -0.1) is 0 Å². The molecule has 2 amide bonds. The molecule has 0 aromatic heterocycles. The quantitative estimate of drug-likeness (QED) is 0.265. The Balaban J connectivity index is 1.42. The number of nitrogens with one attached hydrogen (secondary N) is 1. The number of nitrogens with zero attached hydrogens (tertiary/aromatic N) is 2. The fraction of sp³-hybridized carbons (Fsp3) is 0.115. The Kier molecular flexibility index (Phi) is 8.21. The van der Waals surface area contributed by atoms with Gasteiger partial charge in [-0.25, -0.2) is 0 Å². The van der Waals surface area contributed by atoms with Crippen LogP contribution in [0.2, 0.25) is 10.0 Å². The van der Waals surface area contributed by atoms with Crippen LogP contribution in [0.25, 0.3) is 6.08 Å². The van der Waals surface area contributed by atoms with E-state index < -0.39 is 0 Å². The van der Waals surface area contributed by atoms with Gasteiger partial charge in [0.05, 0.1) is 26.3 Å². The van der Waals surface area contributed by atoms with Crippen LogP contribution in [0.1, 0.15) is 5.56 Å². The van der Waals surface area contributed by atoms with Crippen molar-refractivity contribution in [1.29, 1.82) is 0 Å². The third-order valence-electron chi connectivity index (χ3n) is 5.17. The average Bonchev–Trinajstić information content (AvgIpc) is 3.13. The van der Waals surface area contributed by atoms with E-state index in [-0.39, 0.29) is 23.4 Å². The van der Waals surface area contributed by atoms with Crippen molar-refractivity contribution in [3.63, 3.8) is 0 Å². The summed E-state index contributed by atoms with van der Waals surface area (Å²) in [4.78, 5) is 29.4. The van der Waals surface area contributed by atoms with Crippen molar-refractivity contribution in [2.24, 2.45) is 0 Å². The van der Waals surface area contributed by atoms with Crippen molar-refractivity contribution in [3.05, 3.63) is 87.2 Å².